The number of benzene rings is 1. The number of hydrogen-bond acceptors (Lipinski definition) is 2. The van der Waals surface area contributed by atoms with Crippen molar-refractivity contribution in [2.75, 3.05) is 18.0 Å². The van der Waals surface area contributed by atoms with Crippen LogP contribution in [0, 0.1) is 0 Å². The maximum absolute atomic E-state index is 5.96. The van der Waals surface area contributed by atoms with Crippen LogP contribution in [0.2, 0.25) is 0 Å². The normalized spacial score (nSPS) is 19.1. The minimum Gasteiger partial charge on any atom is -0.365 e. The molecule has 1 unspecified atom stereocenters. The first-order valence-electron chi connectivity index (χ1n) is 6.27. The van der Waals surface area contributed by atoms with Gasteiger partial charge in [0.1, 0.15) is 0 Å². The van der Waals surface area contributed by atoms with Gasteiger partial charge in [-0.25, -0.2) is 0 Å². The van der Waals surface area contributed by atoms with E-state index in [0.29, 0.717) is 0 Å². The fourth-order valence-corrected chi connectivity index (χ4v) is 2.54. The second kappa shape index (κ2) is 4.46. The van der Waals surface area contributed by atoms with Crippen molar-refractivity contribution in [2.45, 2.75) is 38.6 Å². The summed E-state index contributed by atoms with van der Waals surface area (Å²) in [5.74, 6) is 0. The molecular weight excluding hydrogens is 196 g/mol. The Bertz CT molecular complexity index is 356. The number of para-hydroxylation sites is 1. The monoisotopic (exact) mass is 218 g/mol. The van der Waals surface area contributed by atoms with Crippen molar-refractivity contribution in [3.8, 4) is 0 Å². The molecule has 1 heterocycles. The lowest BCUT2D eigenvalue weighted by molar-refractivity contribution is 0.404. The van der Waals surface area contributed by atoms with Gasteiger partial charge in [0.25, 0.3) is 0 Å². The number of rotatable bonds is 3. The van der Waals surface area contributed by atoms with Crippen molar-refractivity contribution in [2.24, 2.45) is 5.73 Å². The van der Waals surface area contributed by atoms with Crippen LogP contribution in [-0.4, -0.2) is 18.6 Å². The molecule has 0 saturated carbocycles. The second-order valence-corrected chi connectivity index (χ2v) is 4.94. The average Bonchev–Trinajstić information content (AvgIpc) is 2.37. The Morgan fingerprint density at radius 3 is 2.81 bits per heavy atom. The van der Waals surface area contributed by atoms with Gasteiger partial charge in [-0.15, -0.1) is 0 Å². The van der Waals surface area contributed by atoms with Crippen LogP contribution < -0.4 is 10.6 Å². The van der Waals surface area contributed by atoms with Crippen LogP contribution in [-0.2, 0) is 6.42 Å². The highest BCUT2D eigenvalue weighted by Gasteiger charge is 2.31. The quantitative estimate of drug-likeness (QED) is 0.845. The van der Waals surface area contributed by atoms with Crippen LogP contribution in [0.25, 0.3) is 0 Å². The topological polar surface area (TPSA) is 29.3 Å². The number of fused-ring (bicyclic) bond motifs is 1. The fourth-order valence-electron chi connectivity index (χ4n) is 2.54. The fraction of sp³-hybridized carbons (Fsp3) is 0.571. The molecule has 0 aromatic heterocycles. The second-order valence-electron chi connectivity index (χ2n) is 4.94. The Balaban J connectivity index is 2.38. The molecule has 0 spiro atoms. The molecule has 0 radical (unpaired) electrons. The Labute approximate surface area is 98.4 Å². The molecule has 0 saturated heterocycles. The standard InChI is InChI=1S/C14H22N2/c1-3-14(2,11-15)16-10-6-8-12-7-4-5-9-13(12)16/h4-5,7,9H,3,6,8,10-11,15H2,1-2H3. The van der Waals surface area contributed by atoms with Gasteiger partial charge in [-0.05, 0) is 37.8 Å². The van der Waals surface area contributed by atoms with E-state index in [1.165, 1.54) is 24.1 Å². The lowest BCUT2D eigenvalue weighted by atomic mass is 9.91. The van der Waals surface area contributed by atoms with Crippen LogP contribution in [0.5, 0.6) is 0 Å². The molecule has 2 nitrogen and oxygen atoms in total. The largest absolute Gasteiger partial charge is 0.365 e. The van der Waals surface area contributed by atoms with E-state index in [1.54, 1.807) is 0 Å². The predicted octanol–water partition coefficient (Wildman–Crippen LogP) is 2.57. The molecule has 2 rings (SSSR count). The first kappa shape index (κ1) is 11.5. The molecular formula is C14H22N2. The number of anilines is 1. The zero-order valence-corrected chi connectivity index (χ0v) is 10.4. The van der Waals surface area contributed by atoms with Gasteiger partial charge in [-0.1, -0.05) is 25.1 Å². The first-order chi connectivity index (χ1) is 7.71. The predicted molar refractivity (Wildman–Crippen MR) is 69.9 cm³/mol. The van der Waals surface area contributed by atoms with Crippen LogP contribution >= 0.6 is 0 Å². The molecule has 16 heavy (non-hydrogen) atoms. The van der Waals surface area contributed by atoms with E-state index in [2.05, 4.69) is 43.0 Å². The number of hydrogen-bond donors (Lipinski definition) is 1. The summed E-state index contributed by atoms with van der Waals surface area (Å²) < 4.78 is 0. The van der Waals surface area contributed by atoms with E-state index in [1.807, 2.05) is 0 Å². The number of nitrogens with zero attached hydrogens (tertiary/aromatic N) is 1. The van der Waals surface area contributed by atoms with Crippen LogP contribution in [0.4, 0.5) is 5.69 Å². The Kier molecular flexibility index (Phi) is 3.20. The molecule has 1 aliphatic heterocycles. The van der Waals surface area contributed by atoms with Gasteiger partial charge in [0.05, 0.1) is 0 Å². The number of aryl methyl sites for hydroxylation is 1. The minimum absolute atomic E-state index is 0.108. The van der Waals surface area contributed by atoms with E-state index < -0.39 is 0 Å². The molecule has 0 bridgehead atoms. The maximum atomic E-state index is 5.96. The van der Waals surface area contributed by atoms with E-state index in [9.17, 15) is 0 Å². The van der Waals surface area contributed by atoms with Gasteiger partial charge in [-0.2, -0.15) is 0 Å². The van der Waals surface area contributed by atoms with E-state index in [4.69, 9.17) is 5.73 Å². The van der Waals surface area contributed by atoms with Crippen molar-refractivity contribution in [3.05, 3.63) is 29.8 Å². The van der Waals surface area contributed by atoms with Crippen molar-refractivity contribution < 1.29 is 0 Å². The van der Waals surface area contributed by atoms with Gasteiger partial charge < -0.3 is 10.6 Å². The van der Waals surface area contributed by atoms with E-state index in [-0.39, 0.29) is 5.54 Å². The van der Waals surface area contributed by atoms with E-state index in [0.717, 1.165) is 19.5 Å². The van der Waals surface area contributed by atoms with Crippen molar-refractivity contribution in [3.63, 3.8) is 0 Å². The zero-order valence-electron chi connectivity index (χ0n) is 10.4. The molecule has 2 heteroatoms. The summed E-state index contributed by atoms with van der Waals surface area (Å²) in [6, 6.07) is 8.74. The Morgan fingerprint density at radius 1 is 1.38 bits per heavy atom. The summed E-state index contributed by atoms with van der Waals surface area (Å²) in [6.07, 6.45) is 3.54. The molecule has 0 fully saturated rings. The average molecular weight is 218 g/mol. The summed E-state index contributed by atoms with van der Waals surface area (Å²) in [4.78, 5) is 2.51. The maximum Gasteiger partial charge on any atom is 0.0493 e. The molecule has 1 aliphatic rings. The third-order valence-corrected chi connectivity index (χ3v) is 3.96. The van der Waals surface area contributed by atoms with Crippen LogP contribution in [0.3, 0.4) is 0 Å². The summed E-state index contributed by atoms with van der Waals surface area (Å²) in [5.41, 5.74) is 8.94. The molecule has 2 N–H and O–H groups in total. The zero-order chi connectivity index (χ0) is 11.6. The summed E-state index contributed by atoms with van der Waals surface area (Å²) in [6.45, 7) is 6.36. The van der Waals surface area contributed by atoms with Gasteiger partial charge >= 0.3 is 0 Å². The molecule has 1 aromatic carbocycles. The lowest BCUT2D eigenvalue weighted by Gasteiger charge is -2.45. The van der Waals surface area contributed by atoms with Gasteiger partial charge in [0.2, 0.25) is 0 Å². The van der Waals surface area contributed by atoms with Crippen molar-refractivity contribution in [1.29, 1.82) is 0 Å². The molecule has 1 atom stereocenters. The SMILES string of the molecule is CCC(C)(CN)N1CCCc2ccccc21. The van der Waals surface area contributed by atoms with Gasteiger partial charge in [0.15, 0.2) is 0 Å². The van der Waals surface area contributed by atoms with Crippen LogP contribution in [0.1, 0.15) is 32.3 Å². The molecule has 1 aromatic rings. The van der Waals surface area contributed by atoms with Crippen LogP contribution in [0.15, 0.2) is 24.3 Å². The van der Waals surface area contributed by atoms with Gasteiger partial charge in [-0.3, -0.25) is 0 Å². The molecule has 88 valence electrons. The highest BCUT2D eigenvalue weighted by atomic mass is 15.2. The van der Waals surface area contributed by atoms with E-state index >= 15 is 0 Å². The summed E-state index contributed by atoms with van der Waals surface area (Å²) in [7, 11) is 0. The van der Waals surface area contributed by atoms with Gasteiger partial charge in [0, 0.05) is 24.3 Å². The lowest BCUT2D eigenvalue weighted by Crippen LogP contribution is -2.53. The van der Waals surface area contributed by atoms with Crippen molar-refractivity contribution >= 4 is 5.69 Å². The summed E-state index contributed by atoms with van der Waals surface area (Å²) in [5, 5.41) is 0. The third-order valence-electron chi connectivity index (χ3n) is 3.96. The smallest absolute Gasteiger partial charge is 0.0493 e. The summed E-state index contributed by atoms with van der Waals surface area (Å²) >= 11 is 0. The third kappa shape index (κ3) is 1.82. The highest BCUT2D eigenvalue weighted by Crippen LogP contribution is 2.33. The Morgan fingerprint density at radius 2 is 2.12 bits per heavy atom. The van der Waals surface area contributed by atoms with Crippen molar-refractivity contribution in [1.82, 2.24) is 0 Å². The molecule has 0 aliphatic carbocycles. The Hall–Kier alpha value is -1.02. The molecule has 0 amide bonds. The number of nitrogens with two attached hydrogens (primary N) is 1. The first-order valence-corrected chi connectivity index (χ1v) is 6.27. The minimum atomic E-state index is 0.108. The highest BCUT2D eigenvalue weighted by molar-refractivity contribution is 5.57.